The predicted molar refractivity (Wildman–Crippen MR) is 71.4 cm³/mol. The summed E-state index contributed by atoms with van der Waals surface area (Å²) in [6.07, 6.45) is 4.09. The average Bonchev–Trinajstić information content (AvgIpc) is 2.49. The zero-order valence-corrected chi connectivity index (χ0v) is 11.1. The van der Waals surface area contributed by atoms with E-state index in [1.54, 1.807) is 24.5 Å². The summed E-state index contributed by atoms with van der Waals surface area (Å²) in [6.45, 7) is 4.91. The van der Waals surface area contributed by atoms with Gasteiger partial charge in [-0.2, -0.15) is 5.26 Å². The first-order valence-corrected chi connectivity index (χ1v) is 6.59. The Balaban J connectivity index is 1.94. The third-order valence-corrected chi connectivity index (χ3v) is 3.51. The number of nitriles is 1. The number of rotatable bonds is 3. The van der Waals surface area contributed by atoms with Gasteiger partial charge in [0.25, 0.3) is 5.91 Å². The highest BCUT2D eigenvalue weighted by Crippen LogP contribution is 2.11. The van der Waals surface area contributed by atoms with Crippen LogP contribution in [0.2, 0.25) is 0 Å². The summed E-state index contributed by atoms with van der Waals surface area (Å²) >= 11 is 0. The van der Waals surface area contributed by atoms with Gasteiger partial charge >= 0.3 is 0 Å². The zero-order valence-electron chi connectivity index (χ0n) is 11.1. The van der Waals surface area contributed by atoms with Gasteiger partial charge in [-0.3, -0.25) is 14.7 Å². The minimum absolute atomic E-state index is 0.0295. The molecule has 1 fully saturated rings. The molecule has 0 radical (unpaired) electrons. The van der Waals surface area contributed by atoms with Gasteiger partial charge in [0.1, 0.15) is 0 Å². The number of hydrogen-bond acceptors (Lipinski definition) is 4. The maximum Gasteiger partial charge on any atom is 0.254 e. The monoisotopic (exact) mass is 258 g/mol. The van der Waals surface area contributed by atoms with Crippen molar-refractivity contribution in [3.63, 3.8) is 0 Å². The second-order valence-electron chi connectivity index (χ2n) is 4.62. The Labute approximate surface area is 113 Å². The molecule has 1 aliphatic rings. The van der Waals surface area contributed by atoms with Crippen LogP contribution in [0.25, 0.3) is 0 Å². The van der Waals surface area contributed by atoms with Crippen molar-refractivity contribution in [2.24, 2.45) is 0 Å². The van der Waals surface area contributed by atoms with Gasteiger partial charge in [0.2, 0.25) is 0 Å². The first-order chi connectivity index (χ1) is 9.26. The van der Waals surface area contributed by atoms with Gasteiger partial charge in [-0.25, -0.2) is 0 Å². The molecule has 0 saturated carbocycles. The van der Waals surface area contributed by atoms with Gasteiger partial charge in [0.15, 0.2) is 0 Å². The van der Waals surface area contributed by atoms with E-state index in [-0.39, 0.29) is 11.9 Å². The topological polar surface area (TPSA) is 60.2 Å². The average molecular weight is 258 g/mol. The summed E-state index contributed by atoms with van der Waals surface area (Å²) < 4.78 is 0. The number of nitrogens with zero attached hydrogens (tertiary/aromatic N) is 4. The summed E-state index contributed by atoms with van der Waals surface area (Å²) in [7, 11) is 0. The maximum atomic E-state index is 12.2. The van der Waals surface area contributed by atoms with E-state index in [0.29, 0.717) is 18.7 Å². The summed E-state index contributed by atoms with van der Waals surface area (Å²) in [4.78, 5) is 20.1. The van der Waals surface area contributed by atoms with Gasteiger partial charge in [-0.15, -0.1) is 0 Å². The van der Waals surface area contributed by atoms with E-state index >= 15 is 0 Å². The van der Waals surface area contributed by atoms with E-state index in [1.165, 1.54) is 0 Å². The fraction of sp³-hybridized carbons (Fsp3) is 0.500. The molecule has 19 heavy (non-hydrogen) atoms. The minimum Gasteiger partial charge on any atom is -0.336 e. The number of carbonyl (C=O) groups is 1. The molecular weight excluding hydrogens is 240 g/mol. The first kappa shape index (κ1) is 13.5. The number of pyridine rings is 1. The highest BCUT2D eigenvalue weighted by molar-refractivity contribution is 5.94. The van der Waals surface area contributed by atoms with Gasteiger partial charge < -0.3 is 4.90 Å². The summed E-state index contributed by atoms with van der Waals surface area (Å²) in [5.74, 6) is 0.0482. The lowest BCUT2D eigenvalue weighted by Crippen LogP contribution is -2.51. The number of aromatic nitrogens is 1. The predicted octanol–water partition coefficient (Wildman–Crippen LogP) is 1.14. The molecule has 1 amide bonds. The Morgan fingerprint density at radius 3 is 2.53 bits per heavy atom. The molecule has 2 rings (SSSR count). The third kappa shape index (κ3) is 3.09. The van der Waals surface area contributed by atoms with E-state index in [4.69, 9.17) is 5.26 Å². The Morgan fingerprint density at radius 1 is 1.37 bits per heavy atom. The van der Waals surface area contributed by atoms with Crippen molar-refractivity contribution in [2.45, 2.75) is 19.4 Å². The lowest BCUT2D eigenvalue weighted by Gasteiger charge is -2.36. The van der Waals surface area contributed by atoms with Gasteiger partial charge in [-0.1, -0.05) is 6.92 Å². The van der Waals surface area contributed by atoms with E-state index in [9.17, 15) is 4.79 Å². The number of hydrogen-bond donors (Lipinski definition) is 0. The Morgan fingerprint density at radius 2 is 2.00 bits per heavy atom. The highest BCUT2D eigenvalue weighted by atomic mass is 16.2. The number of piperazine rings is 1. The quantitative estimate of drug-likeness (QED) is 0.815. The van der Waals surface area contributed by atoms with Gasteiger partial charge in [0.05, 0.1) is 12.1 Å². The van der Waals surface area contributed by atoms with Crippen LogP contribution in [0.3, 0.4) is 0 Å². The molecule has 0 N–H and O–H groups in total. The molecule has 0 spiro atoms. The zero-order chi connectivity index (χ0) is 13.7. The van der Waals surface area contributed by atoms with Gasteiger partial charge in [-0.05, 0) is 18.6 Å². The lowest BCUT2D eigenvalue weighted by atomic mass is 10.1. The molecule has 100 valence electrons. The normalized spacial score (nSPS) is 17.8. The van der Waals surface area contributed by atoms with Crippen LogP contribution in [0.1, 0.15) is 23.7 Å². The molecule has 1 saturated heterocycles. The fourth-order valence-corrected chi connectivity index (χ4v) is 2.34. The summed E-state index contributed by atoms with van der Waals surface area (Å²) in [5, 5.41) is 9.05. The van der Waals surface area contributed by atoms with Crippen molar-refractivity contribution in [3.05, 3.63) is 30.1 Å². The molecule has 5 nitrogen and oxygen atoms in total. The standard InChI is InChI=1S/C14H18N4O/c1-2-13(11-15)17-7-9-18(10-8-17)14(19)12-3-5-16-6-4-12/h3-6,13H,2,7-10H2,1H3. The number of amides is 1. The molecule has 0 aliphatic carbocycles. The molecule has 1 aromatic heterocycles. The van der Waals surface area contributed by atoms with Crippen molar-refractivity contribution >= 4 is 5.91 Å². The second kappa shape index (κ2) is 6.30. The smallest absolute Gasteiger partial charge is 0.254 e. The molecular formula is C14H18N4O. The molecule has 1 aromatic rings. The SMILES string of the molecule is CCC(C#N)N1CCN(C(=O)c2ccncc2)CC1. The first-order valence-electron chi connectivity index (χ1n) is 6.59. The summed E-state index contributed by atoms with van der Waals surface area (Å²) in [5.41, 5.74) is 0.677. The molecule has 1 aliphatic heterocycles. The Kier molecular flexibility index (Phi) is 4.48. The van der Waals surface area contributed by atoms with Crippen LogP contribution >= 0.6 is 0 Å². The van der Waals surface area contributed by atoms with Crippen LogP contribution in [0, 0.1) is 11.3 Å². The van der Waals surface area contributed by atoms with Crippen molar-refractivity contribution in [1.82, 2.24) is 14.8 Å². The largest absolute Gasteiger partial charge is 0.336 e. The summed E-state index contributed by atoms with van der Waals surface area (Å²) in [6, 6.07) is 5.75. The minimum atomic E-state index is -0.0295. The molecule has 1 unspecified atom stereocenters. The van der Waals surface area contributed by atoms with Crippen molar-refractivity contribution < 1.29 is 4.79 Å². The maximum absolute atomic E-state index is 12.2. The molecule has 0 bridgehead atoms. The molecule has 1 atom stereocenters. The van der Waals surface area contributed by atoms with Gasteiger partial charge in [0, 0.05) is 44.1 Å². The molecule has 0 aromatic carbocycles. The highest BCUT2D eigenvalue weighted by Gasteiger charge is 2.25. The molecule has 5 heteroatoms. The fourth-order valence-electron chi connectivity index (χ4n) is 2.34. The number of carbonyl (C=O) groups excluding carboxylic acids is 1. The van der Waals surface area contributed by atoms with E-state index in [0.717, 1.165) is 19.5 Å². The lowest BCUT2D eigenvalue weighted by molar-refractivity contribution is 0.0604. The van der Waals surface area contributed by atoms with E-state index < -0.39 is 0 Å². The Hall–Kier alpha value is -1.93. The van der Waals surface area contributed by atoms with Crippen LogP contribution in [-0.2, 0) is 0 Å². The van der Waals surface area contributed by atoms with Crippen LogP contribution in [-0.4, -0.2) is 52.9 Å². The van der Waals surface area contributed by atoms with Crippen LogP contribution in [0.5, 0.6) is 0 Å². The van der Waals surface area contributed by atoms with Crippen molar-refractivity contribution in [3.8, 4) is 6.07 Å². The molecule has 2 heterocycles. The van der Waals surface area contributed by atoms with Crippen molar-refractivity contribution in [2.75, 3.05) is 26.2 Å². The Bertz CT molecular complexity index is 460. The van der Waals surface area contributed by atoms with Crippen LogP contribution in [0.4, 0.5) is 0 Å². The third-order valence-electron chi connectivity index (χ3n) is 3.51. The van der Waals surface area contributed by atoms with E-state index in [1.807, 2.05) is 11.8 Å². The van der Waals surface area contributed by atoms with Crippen LogP contribution in [0.15, 0.2) is 24.5 Å². The van der Waals surface area contributed by atoms with Crippen molar-refractivity contribution in [1.29, 1.82) is 5.26 Å². The van der Waals surface area contributed by atoms with E-state index in [2.05, 4.69) is 16.0 Å². The second-order valence-corrected chi connectivity index (χ2v) is 4.62. The van der Waals surface area contributed by atoms with Crippen LogP contribution < -0.4 is 0 Å².